The smallest absolute Gasteiger partial charge is 0.0594 e. The van der Waals surface area contributed by atoms with Crippen molar-refractivity contribution in [2.45, 2.75) is 19.6 Å². The molecule has 23 heavy (non-hydrogen) atoms. The average molecular weight is 331 g/mol. The quantitative estimate of drug-likeness (QED) is 0.878. The third-order valence-electron chi connectivity index (χ3n) is 4.08. The first-order valence-corrected chi connectivity index (χ1v) is 8.50. The lowest BCUT2D eigenvalue weighted by Crippen LogP contribution is -2.35. The topological polar surface area (TPSA) is 24.5 Å². The van der Waals surface area contributed by atoms with Gasteiger partial charge in [0.1, 0.15) is 0 Å². The Morgan fingerprint density at radius 2 is 1.61 bits per heavy atom. The molecule has 1 N–H and O–H groups in total. The minimum Gasteiger partial charge on any atom is -0.379 e. The number of morpholine rings is 1. The van der Waals surface area contributed by atoms with Gasteiger partial charge in [0.05, 0.1) is 13.2 Å². The molecular weight excluding hydrogens is 308 g/mol. The second-order valence-electron chi connectivity index (χ2n) is 5.94. The lowest BCUT2D eigenvalue weighted by Gasteiger charge is -2.26. The van der Waals surface area contributed by atoms with Gasteiger partial charge >= 0.3 is 0 Å². The van der Waals surface area contributed by atoms with Crippen LogP contribution in [0.5, 0.6) is 0 Å². The van der Waals surface area contributed by atoms with Crippen LogP contribution in [0.1, 0.15) is 16.7 Å². The van der Waals surface area contributed by atoms with E-state index in [-0.39, 0.29) is 0 Å². The fourth-order valence-electron chi connectivity index (χ4n) is 2.78. The maximum absolute atomic E-state index is 6.00. The van der Waals surface area contributed by atoms with E-state index in [0.717, 1.165) is 51.0 Å². The van der Waals surface area contributed by atoms with Crippen molar-refractivity contribution in [3.05, 3.63) is 70.2 Å². The standard InChI is InChI=1S/C19H23ClN2O/c20-19-3-1-2-18(12-19)14-21-13-16-4-6-17(7-5-16)15-22-8-10-23-11-9-22/h1-7,12,21H,8-11,13-15H2. The largest absolute Gasteiger partial charge is 0.379 e. The van der Waals surface area contributed by atoms with E-state index >= 15 is 0 Å². The first-order chi connectivity index (χ1) is 11.3. The van der Waals surface area contributed by atoms with Gasteiger partial charge in [0.25, 0.3) is 0 Å². The van der Waals surface area contributed by atoms with Crippen LogP contribution >= 0.6 is 11.6 Å². The number of hydrogen-bond acceptors (Lipinski definition) is 3. The molecule has 0 unspecified atom stereocenters. The average Bonchev–Trinajstić information content (AvgIpc) is 2.58. The fourth-order valence-corrected chi connectivity index (χ4v) is 2.99. The van der Waals surface area contributed by atoms with Crippen LogP contribution in [0, 0.1) is 0 Å². The van der Waals surface area contributed by atoms with Crippen molar-refractivity contribution in [3.8, 4) is 0 Å². The SMILES string of the molecule is Clc1cccc(CNCc2ccc(CN3CCOCC3)cc2)c1. The van der Waals surface area contributed by atoms with E-state index in [1.165, 1.54) is 16.7 Å². The Balaban J connectivity index is 1.45. The third kappa shape index (κ3) is 5.33. The van der Waals surface area contributed by atoms with Gasteiger partial charge < -0.3 is 10.1 Å². The van der Waals surface area contributed by atoms with Crippen LogP contribution in [0.4, 0.5) is 0 Å². The number of halogens is 1. The molecule has 0 atom stereocenters. The van der Waals surface area contributed by atoms with Crippen molar-refractivity contribution < 1.29 is 4.74 Å². The van der Waals surface area contributed by atoms with Crippen molar-refractivity contribution in [2.75, 3.05) is 26.3 Å². The predicted octanol–water partition coefficient (Wildman–Crippen LogP) is 3.46. The Hall–Kier alpha value is -1.39. The summed E-state index contributed by atoms with van der Waals surface area (Å²) in [6.45, 7) is 6.48. The number of nitrogens with zero attached hydrogens (tertiary/aromatic N) is 1. The van der Waals surface area contributed by atoms with Crippen LogP contribution in [0.15, 0.2) is 48.5 Å². The highest BCUT2D eigenvalue weighted by Crippen LogP contribution is 2.11. The summed E-state index contributed by atoms with van der Waals surface area (Å²) < 4.78 is 5.39. The van der Waals surface area contributed by atoms with Gasteiger partial charge in [0.15, 0.2) is 0 Å². The van der Waals surface area contributed by atoms with Crippen LogP contribution in [-0.2, 0) is 24.4 Å². The number of benzene rings is 2. The van der Waals surface area contributed by atoms with Crippen LogP contribution in [0.3, 0.4) is 0 Å². The molecule has 2 aromatic rings. The molecule has 2 aromatic carbocycles. The van der Waals surface area contributed by atoms with E-state index in [9.17, 15) is 0 Å². The lowest BCUT2D eigenvalue weighted by molar-refractivity contribution is 0.0342. The minimum atomic E-state index is 0.789. The molecule has 3 rings (SSSR count). The third-order valence-corrected chi connectivity index (χ3v) is 4.32. The molecule has 0 aromatic heterocycles. The van der Waals surface area contributed by atoms with E-state index in [1.54, 1.807) is 0 Å². The van der Waals surface area contributed by atoms with Crippen LogP contribution in [0.25, 0.3) is 0 Å². The summed E-state index contributed by atoms with van der Waals surface area (Å²) >= 11 is 6.00. The highest BCUT2D eigenvalue weighted by atomic mass is 35.5. The second-order valence-corrected chi connectivity index (χ2v) is 6.37. The van der Waals surface area contributed by atoms with Gasteiger partial charge in [-0.05, 0) is 28.8 Å². The van der Waals surface area contributed by atoms with Crippen LogP contribution < -0.4 is 5.32 Å². The van der Waals surface area contributed by atoms with E-state index in [2.05, 4.69) is 40.5 Å². The highest BCUT2D eigenvalue weighted by molar-refractivity contribution is 6.30. The van der Waals surface area contributed by atoms with E-state index in [1.807, 2.05) is 18.2 Å². The molecule has 122 valence electrons. The molecule has 1 heterocycles. The zero-order valence-electron chi connectivity index (χ0n) is 13.3. The molecule has 4 heteroatoms. The number of hydrogen-bond donors (Lipinski definition) is 1. The number of ether oxygens (including phenoxy) is 1. The molecule has 0 aliphatic carbocycles. The predicted molar refractivity (Wildman–Crippen MR) is 94.5 cm³/mol. The van der Waals surface area contributed by atoms with Gasteiger partial charge in [-0.15, -0.1) is 0 Å². The molecule has 3 nitrogen and oxygen atoms in total. The van der Waals surface area contributed by atoms with Crippen molar-refractivity contribution in [1.29, 1.82) is 0 Å². The van der Waals surface area contributed by atoms with Crippen molar-refractivity contribution in [2.24, 2.45) is 0 Å². The minimum absolute atomic E-state index is 0.789. The second kappa shape index (κ2) is 8.46. The van der Waals surface area contributed by atoms with Gasteiger partial charge in [0.2, 0.25) is 0 Å². The molecule has 1 saturated heterocycles. The van der Waals surface area contributed by atoms with Gasteiger partial charge in [-0.1, -0.05) is 48.0 Å². The van der Waals surface area contributed by atoms with Crippen molar-refractivity contribution in [1.82, 2.24) is 10.2 Å². The Kier molecular flexibility index (Phi) is 6.06. The Labute approximate surface area is 143 Å². The number of nitrogens with one attached hydrogen (secondary N) is 1. The zero-order chi connectivity index (χ0) is 15.9. The molecule has 0 bridgehead atoms. The Bertz CT molecular complexity index is 609. The summed E-state index contributed by atoms with van der Waals surface area (Å²) in [5.74, 6) is 0. The molecule has 0 saturated carbocycles. The molecule has 0 radical (unpaired) electrons. The zero-order valence-corrected chi connectivity index (χ0v) is 14.1. The Morgan fingerprint density at radius 1 is 0.913 bits per heavy atom. The van der Waals surface area contributed by atoms with E-state index in [0.29, 0.717) is 0 Å². The van der Waals surface area contributed by atoms with Gasteiger partial charge in [-0.3, -0.25) is 4.90 Å². The maximum Gasteiger partial charge on any atom is 0.0594 e. The van der Waals surface area contributed by atoms with Gasteiger partial charge in [-0.25, -0.2) is 0 Å². The van der Waals surface area contributed by atoms with Crippen LogP contribution in [-0.4, -0.2) is 31.2 Å². The fraction of sp³-hybridized carbons (Fsp3) is 0.368. The molecule has 0 spiro atoms. The van der Waals surface area contributed by atoms with Crippen LogP contribution in [0.2, 0.25) is 5.02 Å². The summed E-state index contributed by atoms with van der Waals surface area (Å²) in [5.41, 5.74) is 3.88. The summed E-state index contributed by atoms with van der Waals surface area (Å²) in [6, 6.07) is 16.8. The first-order valence-electron chi connectivity index (χ1n) is 8.13. The molecule has 1 fully saturated rings. The summed E-state index contributed by atoms with van der Waals surface area (Å²) in [7, 11) is 0. The molecule has 0 amide bonds. The van der Waals surface area contributed by atoms with Gasteiger partial charge in [-0.2, -0.15) is 0 Å². The lowest BCUT2D eigenvalue weighted by atomic mass is 10.1. The molecule has 1 aliphatic rings. The highest BCUT2D eigenvalue weighted by Gasteiger charge is 2.10. The Morgan fingerprint density at radius 3 is 2.35 bits per heavy atom. The monoisotopic (exact) mass is 330 g/mol. The summed E-state index contributed by atoms with van der Waals surface area (Å²) in [6.07, 6.45) is 0. The maximum atomic E-state index is 6.00. The number of rotatable bonds is 6. The van der Waals surface area contributed by atoms with Crippen molar-refractivity contribution in [3.63, 3.8) is 0 Å². The van der Waals surface area contributed by atoms with E-state index < -0.39 is 0 Å². The van der Waals surface area contributed by atoms with E-state index in [4.69, 9.17) is 16.3 Å². The molecular formula is C19H23ClN2O. The van der Waals surface area contributed by atoms with Gasteiger partial charge in [0, 0.05) is 37.7 Å². The molecule has 1 aliphatic heterocycles. The summed E-state index contributed by atoms with van der Waals surface area (Å²) in [5, 5.41) is 4.25. The van der Waals surface area contributed by atoms with Crippen molar-refractivity contribution >= 4 is 11.6 Å². The normalized spacial score (nSPS) is 15.7. The summed E-state index contributed by atoms with van der Waals surface area (Å²) in [4.78, 5) is 2.44. The first kappa shape index (κ1) is 16.5.